The maximum atomic E-state index is 9.83. The van der Waals surface area contributed by atoms with Crippen LogP contribution in [0.2, 0.25) is 0 Å². The van der Waals surface area contributed by atoms with Crippen molar-refractivity contribution in [1.29, 1.82) is 0 Å². The van der Waals surface area contributed by atoms with E-state index in [9.17, 15) is 5.48 Å². The van der Waals surface area contributed by atoms with Crippen LogP contribution in [0.5, 0.6) is 0 Å². The maximum Gasteiger partial charge on any atom is 0.252 e. The molecule has 0 saturated carbocycles. The van der Waals surface area contributed by atoms with E-state index in [4.69, 9.17) is 1.37 Å². The second-order valence-electron chi connectivity index (χ2n) is 35.9. The van der Waals surface area contributed by atoms with E-state index < -0.39 is 41.0 Å². The summed E-state index contributed by atoms with van der Waals surface area (Å²) < 4.78 is 47.3. The summed E-state index contributed by atoms with van der Waals surface area (Å²) in [5, 5.41) is 9.94. The highest BCUT2D eigenvalue weighted by molar-refractivity contribution is 7.22. The summed E-state index contributed by atoms with van der Waals surface area (Å²) in [6.07, 6.45) is 0. The van der Waals surface area contributed by atoms with Gasteiger partial charge in [0.05, 0.1) is 18.2 Å². The quantitative estimate of drug-likeness (QED) is 0.0624. The summed E-state index contributed by atoms with van der Waals surface area (Å²) in [7, 11) is -7.21. The number of anilines is 6. The van der Waals surface area contributed by atoms with E-state index in [1.807, 2.05) is 6.07 Å². The zero-order chi connectivity index (χ0) is 90.2. The van der Waals surface area contributed by atoms with Crippen molar-refractivity contribution in [3.05, 3.63) is 490 Å². The summed E-state index contributed by atoms with van der Waals surface area (Å²) in [6.45, 7) is 13.4. The molecule has 0 saturated heterocycles. The molecular weight excluding hydrogens is 1560 g/mol. The Labute approximate surface area is 757 Å². The van der Waals surface area contributed by atoms with Gasteiger partial charge in [-0.2, -0.15) is 0 Å². The van der Waals surface area contributed by atoms with E-state index in [-0.39, 0.29) is 28.5 Å². The van der Waals surface area contributed by atoms with E-state index in [1.165, 1.54) is 52.6 Å². The van der Waals surface area contributed by atoms with Gasteiger partial charge in [-0.1, -0.05) is 484 Å². The van der Waals surface area contributed by atoms with Gasteiger partial charge in [0.25, 0.3) is 6.71 Å². The van der Waals surface area contributed by atoms with Crippen molar-refractivity contribution in [2.24, 2.45) is 0 Å². The van der Waals surface area contributed by atoms with Crippen LogP contribution < -0.4 is 67.7 Å². The van der Waals surface area contributed by atoms with Crippen molar-refractivity contribution in [1.82, 2.24) is 0 Å². The number of fused-ring (bicyclic) bond motifs is 4. The van der Waals surface area contributed by atoms with Crippen molar-refractivity contribution < 1.29 is 6.85 Å². The average Bonchev–Trinajstić information content (AvgIpc) is 0.684. The van der Waals surface area contributed by atoms with Crippen LogP contribution in [0.3, 0.4) is 0 Å². The van der Waals surface area contributed by atoms with Gasteiger partial charge in [-0.15, -0.1) is 0 Å². The van der Waals surface area contributed by atoms with Gasteiger partial charge in [0.1, 0.15) is 0 Å². The Kier molecular flexibility index (Phi) is 19.2. The number of hydrogen-bond acceptors (Lipinski definition) is 2. The summed E-state index contributed by atoms with van der Waals surface area (Å²) >= 11 is 0. The molecule has 606 valence electrons. The molecule has 2 aliphatic heterocycles. The molecule has 0 aromatic heterocycles. The minimum atomic E-state index is -3.61. The molecule has 0 bridgehead atoms. The van der Waals surface area contributed by atoms with Crippen LogP contribution in [0.15, 0.2) is 479 Å². The van der Waals surface area contributed by atoms with Crippen LogP contribution in [0.4, 0.5) is 34.1 Å². The molecule has 2 heterocycles. The molecule has 0 spiro atoms. The fourth-order valence-electron chi connectivity index (χ4n) is 20.1. The predicted molar refractivity (Wildman–Crippen MR) is 549 cm³/mol. The fourth-order valence-corrected chi connectivity index (χ4v) is 29.9. The van der Waals surface area contributed by atoms with Gasteiger partial charge < -0.3 is 9.80 Å². The third-order valence-corrected chi connectivity index (χ3v) is 35.7. The van der Waals surface area contributed by atoms with Gasteiger partial charge in [-0.05, 0) is 194 Å². The number of benzene rings is 19. The molecule has 0 amide bonds. The van der Waals surface area contributed by atoms with E-state index in [0.717, 1.165) is 128 Å². The lowest BCUT2D eigenvalue weighted by Gasteiger charge is -2.45. The van der Waals surface area contributed by atoms with E-state index in [1.54, 1.807) is 0 Å². The monoisotopic (exact) mass is 1660 g/mol. The van der Waals surface area contributed by atoms with Crippen molar-refractivity contribution >= 4 is 115 Å². The van der Waals surface area contributed by atoms with Crippen LogP contribution >= 0.6 is 0 Å². The molecule has 127 heavy (non-hydrogen) atoms. The van der Waals surface area contributed by atoms with Crippen molar-refractivity contribution in [2.45, 2.75) is 52.4 Å². The normalized spacial score (nSPS) is 13.0. The number of rotatable bonds is 18. The molecule has 2 aliphatic rings. The SMILES string of the molecule is [2H]c1c([2H])c([2H])c(-c2ccc3c(c2)B2c4ccc(-c5cc([Si](c6ccccc6)(c6ccccc6)c6cccc(-c7ccccc7)c6)cc([Si](c6ccccc6)(c6ccccc6)c6cccc(-c7ccccc7)c6)c5)cc4N(c4ccccc4-c4ccccc4)c4cc(-c5cc(C(C)(C)C)cc(C(C)(C)C)c5)cc(c42)N3c2cc(-c3ccccc3)ccc2-c2ccccc2)c([2H])c1[2H]. The average molecular weight is 1660 g/mol. The lowest BCUT2D eigenvalue weighted by molar-refractivity contribution is 0.569. The zero-order valence-corrected chi connectivity index (χ0v) is 74.2. The first-order valence-corrected chi connectivity index (χ1v) is 48.2. The first-order chi connectivity index (χ1) is 64.3. The molecule has 19 aromatic rings. The molecule has 0 N–H and O–H groups in total. The maximum absolute atomic E-state index is 9.83. The second kappa shape index (κ2) is 33.1. The Morgan fingerprint density at radius 1 is 0.205 bits per heavy atom. The van der Waals surface area contributed by atoms with Gasteiger partial charge in [0.15, 0.2) is 16.1 Å². The zero-order valence-electron chi connectivity index (χ0n) is 77.2. The second-order valence-corrected chi connectivity index (χ2v) is 43.5. The minimum absolute atomic E-state index is 0.136. The van der Waals surface area contributed by atoms with Crippen LogP contribution in [-0.2, 0) is 10.8 Å². The number of nitrogens with zero attached hydrogens (tertiary/aromatic N) is 2. The Morgan fingerprint density at radius 3 is 1.00 bits per heavy atom. The van der Waals surface area contributed by atoms with E-state index in [2.05, 4.69) is 494 Å². The highest BCUT2D eigenvalue weighted by Crippen LogP contribution is 2.52. The third kappa shape index (κ3) is 14.4. The number of para-hydroxylation sites is 1. The van der Waals surface area contributed by atoms with Crippen LogP contribution in [-0.4, -0.2) is 22.9 Å². The standard InChI is InChI=1S/C122H97BN2Si2/c1-121(2,3)100-73-97(74-101(84-100)122(4,5)6)99-82-118-120-119(83-99)125(116-80-95(89-47-23-10-24-48-89)67-70-111(116)91-51-27-12-28-52-91)115-72-69-94(88-45-21-9-22-46-88)79-113(115)123(120)112-71-68-96(81-117(112)124(118)114-66-38-37-65-110(114)90-49-25-11-26-50-90)98-77-108(126(102-55-29-13-30-56-102,103-57-31-14-32-58-103)106-63-39-53-92(75-106)86-41-17-7-18-42-86)85-109(78-98)127(104-59-33-15-34-60-104,105-61-35-16-36-62-105)107-64-40-54-93(76-107)87-43-19-8-20-44-87/h7-85H,1-6H3/i9D,21D,22D,45D,46D. The van der Waals surface area contributed by atoms with Crippen molar-refractivity contribution in [3.63, 3.8) is 0 Å². The van der Waals surface area contributed by atoms with Crippen LogP contribution in [0, 0.1) is 0 Å². The first kappa shape index (κ1) is 73.8. The lowest BCUT2D eigenvalue weighted by atomic mass is 9.33. The van der Waals surface area contributed by atoms with Crippen LogP contribution in [0.1, 0.15) is 59.5 Å². The molecule has 0 radical (unpaired) electrons. The van der Waals surface area contributed by atoms with Crippen LogP contribution in [0.25, 0.3) is 89.0 Å². The highest BCUT2D eigenvalue weighted by atomic mass is 28.3. The molecule has 19 aromatic carbocycles. The minimum Gasteiger partial charge on any atom is -0.311 e. The molecule has 0 atom stereocenters. The molecule has 5 heteroatoms. The molecule has 21 rings (SSSR count). The summed E-state index contributed by atoms with van der Waals surface area (Å²) in [5.41, 5.74) is 26.3. The van der Waals surface area contributed by atoms with Gasteiger partial charge in [-0.25, -0.2) is 0 Å². The van der Waals surface area contributed by atoms with Gasteiger partial charge in [0.2, 0.25) is 0 Å². The summed E-state index contributed by atoms with van der Waals surface area (Å²) in [5.74, 6) is 0. The summed E-state index contributed by atoms with van der Waals surface area (Å²) in [4.78, 5) is 5.09. The van der Waals surface area contributed by atoms with E-state index in [0.29, 0.717) is 5.56 Å². The molecule has 0 aliphatic carbocycles. The van der Waals surface area contributed by atoms with Gasteiger partial charge in [0, 0.05) is 33.9 Å². The first-order valence-electron chi connectivity index (χ1n) is 46.7. The van der Waals surface area contributed by atoms with E-state index >= 15 is 0 Å². The molecule has 0 fully saturated rings. The predicted octanol–water partition coefficient (Wildman–Crippen LogP) is 24.5. The Hall–Kier alpha value is -14.7. The summed E-state index contributed by atoms with van der Waals surface area (Å²) in [6, 6.07) is 166. The third-order valence-electron chi connectivity index (χ3n) is 26.3. The van der Waals surface area contributed by atoms with Gasteiger partial charge in [-0.3, -0.25) is 0 Å². The highest BCUT2D eigenvalue weighted by Gasteiger charge is 2.49. The topological polar surface area (TPSA) is 6.48 Å². The lowest BCUT2D eigenvalue weighted by Crippen LogP contribution is -2.78. The number of hydrogen-bond donors (Lipinski definition) is 0. The molecule has 0 unspecified atom stereocenters. The fraction of sp³-hybridized carbons (Fsp3) is 0.0656. The Bertz CT molecular complexity index is 7260. The smallest absolute Gasteiger partial charge is 0.252 e. The largest absolute Gasteiger partial charge is 0.311 e. The Morgan fingerprint density at radius 2 is 0.535 bits per heavy atom. The molecular formula is C122H97BN2Si2. The van der Waals surface area contributed by atoms with Crippen molar-refractivity contribution in [3.8, 4) is 89.0 Å². The molecule has 2 nitrogen and oxygen atoms in total. The van der Waals surface area contributed by atoms with Gasteiger partial charge >= 0.3 is 0 Å². The van der Waals surface area contributed by atoms with Crippen molar-refractivity contribution in [2.75, 3.05) is 9.80 Å². The Balaban J connectivity index is 0.936.